The summed E-state index contributed by atoms with van der Waals surface area (Å²) in [5.74, 6) is 0.0409. The Balaban J connectivity index is 1.29. The van der Waals surface area contributed by atoms with Crippen LogP contribution in [0.3, 0.4) is 0 Å². The zero-order valence-corrected chi connectivity index (χ0v) is 28.7. The fourth-order valence-electron chi connectivity index (χ4n) is 8.70. The Labute approximate surface area is 297 Å². The van der Waals surface area contributed by atoms with Crippen molar-refractivity contribution in [3.63, 3.8) is 0 Å². The molecule has 252 valence electrons. The molecule has 5 aliphatic rings. The summed E-state index contributed by atoms with van der Waals surface area (Å²) in [5, 5.41) is 33.1. The number of hydrogen-bond acceptors (Lipinski definition) is 7. The summed E-state index contributed by atoms with van der Waals surface area (Å²) in [7, 11) is 0. The number of nitrogens with one attached hydrogen (secondary N) is 1. The fourth-order valence-corrected chi connectivity index (χ4v) is 9.09. The van der Waals surface area contributed by atoms with Gasteiger partial charge in [0.2, 0.25) is 5.91 Å². The molecule has 2 aromatic carbocycles. The molecule has 5 fully saturated rings. The van der Waals surface area contributed by atoms with Gasteiger partial charge in [-0.3, -0.25) is 4.79 Å². The summed E-state index contributed by atoms with van der Waals surface area (Å²) in [5.41, 5.74) is 4.46. The van der Waals surface area contributed by atoms with Gasteiger partial charge >= 0.3 is 0 Å². The van der Waals surface area contributed by atoms with E-state index in [1.165, 1.54) is 0 Å². The lowest BCUT2D eigenvalue weighted by Crippen LogP contribution is -2.41. The predicted octanol–water partition coefficient (Wildman–Crippen LogP) is 6.99. The molecule has 13 heteroatoms. The zero-order chi connectivity index (χ0) is 34.4. The van der Waals surface area contributed by atoms with Crippen LogP contribution in [0.1, 0.15) is 72.9 Å². The van der Waals surface area contributed by atoms with Crippen molar-refractivity contribution in [3.05, 3.63) is 75.0 Å². The summed E-state index contributed by atoms with van der Waals surface area (Å²) >= 11 is 13.1. The molecule has 2 saturated carbocycles. The number of halogens is 3. The molecule has 1 N–H and O–H groups in total. The SMILES string of the molecule is Cc1nc2c(F)c(-c3cccc(Cl)c3Cl)c(CCC#N)cc2c2c1cc([C@H]1C[C@H](n3cc(C#N)nn3)CN1C(=O)C1CC1)n2[C@H]1[C@H]2CN[C@@H]1C2. The summed E-state index contributed by atoms with van der Waals surface area (Å²) in [4.78, 5) is 20.8. The van der Waals surface area contributed by atoms with E-state index in [1.807, 2.05) is 17.9 Å². The molecular weight excluding hydrogens is 676 g/mol. The molecule has 3 aliphatic heterocycles. The minimum Gasteiger partial charge on any atom is -0.337 e. The fraction of sp³-hybridized carbons (Fsp3) is 0.405. The second-order valence-electron chi connectivity index (χ2n) is 14.1. The van der Waals surface area contributed by atoms with Gasteiger partial charge < -0.3 is 14.8 Å². The summed E-state index contributed by atoms with van der Waals surface area (Å²) in [6.45, 7) is 3.26. The summed E-state index contributed by atoms with van der Waals surface area (Å²) in [6.07, 6.45) is 5.57. The van der Waals surface area contributed by atoms with E-state index >= 15 is 4.39 Å². The van der Waals surface area contributed by atoms with Crippen molar-refractivity contribution in [2.75, 3.05) is 13.1 Å². The monoisotopic (exact) mass is 707 g/mol. The molecule has 3 aromatic heterocycles. The molecule has 50 heavy (non-hydrogen) atoms. The minimum absolute atomic E-state index is 0.0128. The van der Waals surface area contributed by atoms with Crippen LogP contribution in [-0.4, -0.2) is 54.5 Å². The molecule has 0 radical (unpaired) electrons. The van der Waals surface area contributed by atoms with Crippen LogP contribution in [0.15, 0.2) is 36.5 Å². The number of aryl methyl sites for hydroxylation is 2. The van der Waals surface area contributed by atoms with Crippen molar-refractivity contribution < 1.29 is 9.18 Å². The van der Waals surface area contributed by atoms with E-state index in [0.29, 0.717) is 58.1 Å². The molecule has 1 amide bonds. The quantitative estimate of drug-likeness (QED) is 0.193. The second kappa shape index (κ2) is 11.8. The van der Waals surface area contributed by atoms with Gasteiger partial charge in [-0.15, -0.1) is 5.10 Å². The highest BCUT2D eigenvalue weighted by atomic mass is 35.5. The Morgan fingerprint density at radius 1 is 1.16 bits per heavy atom. The molecule has 0 unspecified atom stereocenters. The van der Waals surface area contributed by atoms with E-state index in [9.17, 15) is 15.3 Å². The van der Waals surface area contributed by atoms with E-state index in [-0.39, 0.29) is 58.6 Å². The number of carbonyl (C=O) groups excluding carboxylic acids is 1. The normalized spacial score (nSPS) is 24.1. The Kier molecular flexibility index (Phi) is 7.40. The van der Waals surface area contributed by atoms with Gasteiger partial charge in [-0.2, -0.15) is 10.5 Å². The molecular formula is C37H32Cl2FN9O. The van der Waals surface area contributed by atoms with Crippen molar-refractivity contribution in [1.29, 1.82) is 10.5 Å². The second-order valence-corrected chi connectivity index (χ2v) is 14.9. The standard InChI is InChI=1S/C37H32Cl2FN9O/c1-18-25-13-30(29-12-23(48-16-22(14-42)45-46-48)17-47(29)37(50)19-7-8-19)49(35-21-11-28(35)43-15-21)36(25)26-10-20(4-3-9-41)31(33(40)34(26)44-18)24-5-2-6-27(38)32(24)39/h2,5-6,10,13,16,19,21,23,28-29,35,43H,3-4,7-8,11-12,15,17H2,1H3/t21-,23+,28-,29-,35+/m1/s1. The van der Waals surface area contributed by atoms with E-state index in [4.69, 9.17) is 28.2 Å². The van der Waals surface area contributed by atoms with Crippen LogP contribution in [0.5, 0.6) is 0 Å². The number of amides is 1. The lowest BCUT2D eigenvalue weighted by molar-refractivity contribution is -0.133. The first-order valence-electron chi connectivity index (χ1n) is 17.1. The minimum atomic E-state index is -0.500. The highest BCUT2D eigenvalue weighted by molar-refractivity contribution is 6.43. The number of aromatic nitrogens is 5. The molecule has 5 aromatic rings. The van der Waals surface area contributed by atoms with Crippen molar-refractivity contribution >= 4 is 50.9 Å². The molecule has 2 bridgehead atoms. The van der Waals surface area contributed by atoms with E-state index < -0.39 is 5.82 Å². The number of rotatable bonds is 7. The molecule has 6 heterocycles. The van der Waals surface area contributed by atoms with Gasteiger partial charge in [-0.25, -0.2) is 14.1 Å². The van der Waals surface area contributed by atoms with E-state index in [0.717, 1.165) is 42.4 Å². The Morgan fingerprint density at radius 2 is 2.00 bits per heavy atom. The van der Waals surface area contributed by atoms with Gasteiger partial charge in [-0.05, 0) is 68.7 Å². The molecule has 3 saturated heterocycles. The number of hydrogen-bond donors (Lipinski definition) is 1. The van der Waals surface area contributed by atoms with Crippen LogP contribution in [0.25, 0.3) is 32.9 Å². The third-order valence-electron chi connectivity index (χ3n) is 11.3. The number of nitrogens with zero attached hydrogens (tertiary/aromatic N) is 8. The van der Waals surface area contributed by atoms with Crippen molar-refractivity contribution in [3.8, 4) is 23.3 Å². The number of benzene rings is 2. The smallest absolute Gasteiger partial charge is 0.226 e. The van der Waals surface area contributed by atoms with Crippen LogP contribution < -0.4 is 5.32 Å². The third-order valence-corrected chi connectivity index (χ3v) is 12.1. The van der Waals surface area contributed by atoms with Crippen molar-refractivity contribution in [2.45, 2.75) is 69.6 Å². The number of nitriles is 2. The number of likely N-dealkylation sites (tertiary alicyclic amines) is 1. The summed E-state index contributed by atoms with van der Waals surface area (Å²) < 4.78 is 21.2. The molecule has 2 aliphatic carbocycles. The van der Waals surface area contributed by atoms with Gasteiger partial charge in [0, 0.05) is 64.8 Å². The average Bonchev–Trinajstić information content (AvgIpc) is 3.60. The van der Waals surface area contributed by atoms with Crippen LogP contribution in [0.2, 0.25) is 10.0 Å². The maximum absolute atomic E-state index is 17.1. The highest BCUT2D eigenvalue weighted by Crippen LogP contribution is 2.52. The van der Waals surface area contributed by atoms with Crippen LogP contribution >= 0.6 is 23.2 Å². The zero-order valence-electron chi connectivity index (χ0n) is 27.2. The first kappa shape index (κ1) is 31.4. The third kappa shape index (κ3) is 4.75. The van der Waals surface area contributed by atoms with Crippen LogP contribution in [0.4, 0.5) is 4.39 Å². The number of fused-ring (bicyclic) bond motifs is 4. The molecule has 10 nitrogen and oxygen atoms in total. The summed E-state index contributed by atoms with van der Waals surface area (Å²) in [6, 6.07) is 13.5. The Morgan fingerprint density at radius 3 is 2.70 bits per heavy atom. The number of carbonyl (C=O) groups is 1. The van der Waals surface area contributed by atoms with Gasteiger partial charge in [0.25, 0.3) is 0 Å². The highest BCUT2D eigenvalue weighted by Gasteiger charge is 2.51. The van der Waals surface area contributed by atoms with Gasteiger partial charge in [0.05, 0.1) is 46.0 Å². The lowest BCUT2D eigenvalue weighted by atomic mass is 9.79. The van der Waals surface area contributed by atoms with Crippen molar-refractivity contribution in [1.82, 2.24) is 34.8 Å². The van der Waals surface area contributed by atoms with Crippen LogP contribution in [-0.2, 0) is 11.2 Å². The largest absolute Gasteiger partial charge is 0.337 e. The first-order chi connectivity index (χ1) is 24.3. The average molecular weight is 709 g/mol. The van der Waals surface area contributed by atoms with E-state index in [1.54, 1.807) is 29.1 Å². The van der Waals surface area contributed by atoms with Gasteiger partial charge in [0.15, 0.2) is 11.5 Å². The van der Waals surface area contributed by atoms with Gasteiger partial charge in [0.1, 0.15) is 11.6 Å². The molecule has 5 atom stereocenters. The topological polar surface area (TPSA) is 128 Å². The molecule has 10 rings (SSSR count). The maximum atomic E-state index is 17.1. The predicted molar refractivity (Wildman–Crippen MR) is 186 cm³/mol. The Bertz CT molecular complexity index is 2320. The van der Waals surface area contributed by atoms with Crippen LogP contribution in [0, 0.1) is 47.2 Å². The van der Waals surface area contributed by atoms with Gasteiger partial charge in [-0.1, -0.05) is 40.5 Å². The molecule has 0 spiro atoms. The Hall–Kier alpha value is -4.55. The number of pyridine rings is 1. The first-order valence-corrected chi connectivity index (χ1v) is 17.9. The maximum Gasteiger partial charge on any atom is 0.226 e. The van der Waals surface area contributed by atoms with E-state index in [2.05, 4.69) is 38.4 Å². The lowest BCUT2D eigenvalue weighted by Gasteiger charge is -2.39. The van der Waals surface area contributed by atoms with Crippen molar-refractivity contribution in [2.24, 2.45) is 11.8 Å².